The van der Waals surface area contributed by atoms with Crippen LogP contribution < -0.4 is 4.90 Å². The Morgan fingerprint density at radius 2 is 1.95 bits per heavy atom. The Morgan fingerprint density at radius 3 is 2.48 bits per heavy atom. The SMILES string of the molecule is CCS(=O)(=O)c1ccc(N2CCC(C)CC2)c([N+](=O)[O-])c1. The van der Waals surface area contributed by atoms with Gasteiger partial charge in [0.25, 0.3) is 5.69 Å². The molecule has 1 aromatic carbocycles. The minimum atomic E-state index is -3.43. The molecule has 0 atom stereocenters. The summed E-state index contributed by atoms with van der Waals surface area (Å²) in [5.41, 5.74) is 0.390. The Kier molecular flexibility index (Phi) is 4.51. The van der Waals surface area contributed by atoms with E-state index < -0.39 is 14.8 Å². The summed E-state index contributed by atoms with van der Waals surface area (Å²) in [6.45, 7) is 5.23. The van der Waals surface area contributed by atoms with E-state index in [9.17, 15) is 18.5 Å². The van der Waals surface area contributed by atoms with Crippen molar-refractivity contribution in [3.8, 4) is 0 Å². The van der Waals surface area contributed by atoms with Crippen molar-refractivity contribution in [2.24, 2.45) is 5.92 Å². The van der Waals surface area contributed by atoms with Crippen molar-refractivity contribution in [2.75, 3.05) is 23.7 Å². The highest BCUT2D eigenvalue weighted by atomic mass is 32.2. The zero-order valence-electron chi connectivity index (χ0n) is 12.3. The summed E-state index contributed by atoms with van der Waals surface area (Å²) in [5, 5.41) is 11.3. The molecule has 7 heteroatoms. The molecule has 1 aliphatic rings. The van der Waals surface area contributed by atoms with Crippen molar-refractivity contribution >= 4 is 21.2 Å². The van der Waals surface area contributed by atoms with Gasteiger partial charge < -0.3 is 4.90 Å². The topological polar surface area (TPSA) is 80.5 Å². The first-order valence-electron chi connectivity index (χ1n) is 7.11. The van der Waals surface area contributed by atoms with E-state index in [1.54, 1.807) is 6.07 Å². The van der Waals surface area contributed by atoms with E-state index in [-0.39, 0.29) is 16.3 Å². The largest absolute Gasteiger partial charge is 0.366 e. The molecule has 1 aliphatic heterocycles. The van der Waals surface area contributed by atoms with Gasteiger partial charge in [-0.1, -0.05) is 13.8 Å². The second-order valence-electron chi connectivity index (χ2n) is 5.48. The predicted octanol–water partition coefficient (Wildman–Crippen LogP) is 2.62. The van der Waals surface area contributed by atoms with Gasteiger partial charge in [-0.25, -0.2) is 8.42 Å². The maximum Gasteiger partial charge on any atom is 0.293 e. The van der Waals surface area contributed by atoms with E-state index in [1.807, 2.05) is 4.90 Å². The minimum absolute atomic E-state index is 0.0193. The number of sulfone groups is 1. The number of piperidine rings is 1. The van der Waals surface area contributed by atoms with Gasteiger partial charge in [-0.3, -0.25) is 10.1 Å². The van der Waals surface area contributed by atoms with E-state index in [1.165, 1.54) is 19.1 Å². The molecule has 0 aromatic heterocycles. The van der Waals surface area contributed by atoms with Crippen molar-refractivity contribution in [3.63, 3.8) is 0 Å². The fraction of sp³-hybridized carbons (Fsp3) is 0.571. The second kappa shape index (κ2) is 6.01. The standard InChI is InChI=1S/C14H20N2O4S/c1-3-21(19,20)12-4-5-13(14(10-12)16(17)18)15-8-6-11(2)7-9-15/h4-5,10-11H,3,6-9H2,1-2H3. The van der Waals surface area contributed by atoms with Crippen LogP contribution in [0, 0.1) is 16.0 Å². The summed E-state index contributed by atoms with van der Waals surface area (Å²) in [6, 6.07) is 4.22. The maximum atomic E-state index is 11.9. The quantitative estimate of drug-likeness (QED) is 0.630. The third-order valence-corrected chi connectivity index (χ3v) is 5.74. The molecule has 0 saturated carbocycles. The Balaban J connectivity index is 2.41. The monoisotopic (exact) mass is 312 g/mol. The van der Waals surface area contributed by atoms with Crippen molar-refractivity contribution in [3.05, 3.63) is 28.3 Å². The van der Waals surface area contributed by atoms with E-state index >= 15 is 0 Å². The van der Waals surface area contributed by atoms with Gasteiger partial charge in [0.15, 0.2) is 9.84 Å². The number of benzene rings is 1. The molecule has 0 N–H and O–H groups in total. The van der Waals surface area contributed by atoms with E-state index in [2.05, 4.69) is 6.92 Å². The fourth-order valence-electron chi connectivity index (χ4n) is 2.53. The Hall–Kier alpha value is -1.63. The summed E-state index contributed by atoms with van der Waals surface area (Å²) < 4.78 is 23.7. The van der Waals surface area contributed by atoms with Gasteiger partial charge in [0.05, 0.1) is 15.6 Å². The van der Waals surface area contributed by atoms with Gasteiger partial charge in [-0.2, -0.15) is 0 Å². The van der Waals surface area contributed by atoms with Crippen LogP contribution in [0.4, 0.5) is 11.4 Å². The molecule has 0 unspecified atom stereocenters. The smallest absolute Gasteiger partial charge is 0.293 e. The van der Waals surface area contributed by atoms with Gasteiger partial charge >= 0.3 is 0 Å². The predicted molar refractivity (Wildman–Crippen MR) is 81.4 cm³/mol. The number of nitro groups is 1. The molecule has 0 radical (unpaired) electrons. The number of nitrogens with zero attached hydrogens (tertiary/aromatic N) is 2. The van der Waals surface area contributed by atoms with Gasteiger partial charge in [-0.15, -0.1) is 0 Å². The lowest BCUT2D eigenvalue weighted by Crippen LogP contribution is -2.33. The lowest BCUT2D eigenvalue weighted by atomic mass is 9.98. The van der Waals surface area contributed by atoms with Crippen LogP contribution in [0.25, 0.3) is 0 Å². The van der Waals surface area contributed by atoms with Crippen molar-refractivity contribution in [2.45, 2.75) is 31.6 Å². The van der Waals surface area contributed by atoms with Crippen LogP contribution in [-0.4, -0.2) is 32.2 Å². The highest BCUT2D eigenvalue weighted by Gasteiger charge is 2.25. The maximum absolute atomic E-state index is 11.9. The van der Waals surface area contributed by atoms with Crippen LogP contribution in [0.1, 0.15) is 26.7 Å². The summed E-state index contributed by atoms with van der Waals surface area (Å²) >= 11 is 0. The van der Waals surface area contributed by atoms with Gasteiger partial charge in [0.1, 0.15) is 5.69 Å². The summed E-state index contributed by atoms with van der Waals surface area (Å²) in [6.07, 6.45) is 1.98. The number of anilines is 1. The molecule has 1 heterocycles. The van der Waals surface area contributed by atoms with Crippen LogP contribution in [0.2, 0.25) is 0 Å². The molecular weight excluding hydrogens is 292 g/mol. The molecule has 1 saturated heterocycles. The van der Waals surface area contributed by atoms with Crippen LogP contribution in [-0.2, 0) is 9.84 Å². The van der Waals surface area contributed by atoms with E-state index in [0.29, 0.717) is 11.6 Å². The number of rotatable bonds is 4. The minimum Gasteiger partial charge on any atom is -0.366 e. The summed E-state index contributed by atoms with van der Waals surface area (Å²) in [7, 11) is -3.43. The van der Waals surface area contributed by atoms with Crippen molar-refractivity contribution in [1.82, 2.24) is 0 Å². The molecule has 0 bridgehead atoms. The first-order chi connectivity index (χ1) is 9.85. The van der Waals surface area contributed by atoms with Crippen LogP contribution in [0.3, 0.4) is 0 Å². The zero-order valence-corrected chi connectivity index (χ0v) is 13.1. The first kappa shape index (κ1) is 15.8. The third kappa shape index (κ3) is 3.34. The number of hydrogen-bond acceptors (Lipinski definition) is 5. The Bertz CT molecular complexity index is 634. The molecule has 2 rings (SSSR count). The molecule has 1 aromatic rings. The van der Waals surface area contributed by atoms with Crippen molar-refractivity contribution < 1.29 is 13.3 Å². The Labute approximate surface area is 124 Å². The molecule has 0 aliphatic carbocycles. The highest BCUT2D eigenvalue weighted by Crippen LogP contribution is 2.33. The van der Waals surface area contributed by atoms with Crippen molar-refractivity contribution in [1.29, 1.82) is 0 Å². The number of hydrogen-bond donors (Lipinski definition) is 0. The second-order valence-corrected chi connectivity index (χ2v) is 7.76. The molecule has 0 amide bonds. The molecular formula is C14H20N2O4S. The highest BCUT2D eigenvalue weighted by molar-refractivity contribution is 7.91. The fourth-order valence-corrected chi connectivity index (χ4v) is 3.43. The van der Waals surface area contributed by atoms with Crippen LogP contribution in [0.5, 0.6) is 0 Å². The molecule has 0 spiro atoms. The number of nitro benzene ring substituents is 1. The molecule has 116 valence electrons. The lowest BCUT2D eigenvalue weighted by molar-refractivity contribution is -0.384. The van der Waals surface area contributed by atoms with Gasteiger partial charge in [-0.05, 0) is 30.9 Å². The molecule has 1 fully saturated rings. The van der Waals surface area contributed by atoms with Crippen LogP contribution in [0.15, 0.2) is 23.1 Å². The Morgan fingerprint density at radius 1 is 1.33 bits per heavy atom. The molecule has 6 nitrogen and oxygen atoms in total. The zero-order chi connectivity index (χ0) is 15.6. The third-order valence-electron chi connectivity index (χ3n) is 4.01. The average molecular weight is 312 g/mol. The van der Waals surface area contributed by atoms with Gasteiger partial charge in [0, 0.05) is 19.2 Å². The van der Waals surface area contributed by atoms with E-state index in [4.69, 9.17) is 0 Å². The molecule has 21 heavy (non-hydrogen) atoms. The van der Waals surface area contributed by atoms with Gasteiger partial charge in [0.2, 0.25) is 0 Å². The lowest BCUT2D eigenvalue weighted by Gasteiger charge is -2.31. The summed E-state index contributed by atoms with van der Waals surface area (Å²) in [5.74, 6) is 0.560. The average Bonchev–Trinajstić information content (AvgIpc) is 2.47. The van der Waals surface area contributed by atoms with Crippen LogP contribution >= 0.6 is 0 Å². The first-order valence-corrected chi connectivity index (χ1v) is 8.76. The normalized spacial score (nSPS) is 17.0. The van der Waals surface area contributed by atoms with E-state index in [0.717, 1.165) is 25.9 Å². The summed E-state index contributed by atoms with van der Waals surface area (Å²) in [4.78, 5) is 12.8.